The molecular formula is C14H13BrClN3OS. The lowest BCUT2D eigenvalue weighted by Gasteiger charge is -2.21. The molecule has 0 saturated carbocycles. The van der Waals surface area contributed by atoms with Gasteiger partial charge in [0.1, 0.15) is 6.04 Å². The third-order valence-electron chi connectivity index (χ3n) is 3.42. The summed E-state index contributed by atoms with van der Waals surface area (Å²) < 4.78 is 1.08. The van der Waals surface area contributed by atoms with Crippen LogP contribution in [0.5, 0.6) is 0 Å². The number of nitrogens with two attached hydrogens (primary N) is 1. The van der Waals surface area contributed by atoms with Crippen LogP contribution < -0.4 is 16.0 Å². The number of hydrogen-bond acceptors (Lipinski definition) is 4. The second-order valence-electron chi connectivity index (χ2n) is 4.95. The number of anilines is 2. The molecule has 1 amide bonds. The van der Waals surface area contributed by atoms with Crippen LogP contribution in [-0.4, -0.2) is 13.0 Å². The predicted molar refractivity (Wildman–Crippen MR) is 91.1 cm³/mol. The van der Waals surface area contributed by atoms with Gasteiger partial charge in [-0.2, -0.15) is 0 Å². The molecule has 1 aromatic heterocycles. The van der Waals surface area contributed by atoms with Crippen LogP contribution in [0.3, 0.4) is 0 Å². The molecule has 0 spiro atoms. The molecule has 1 aliphatic rings. The molecule has 0 saturated heterocycles. The van der Waals surface area contributed by atoms with Crippen LogP contribution in [0.1, 0.15) is 16.5 Å². The molecule has 1 aromatic carbocycles. The number of nitrogens with one attached hydrogen (secondary N) is 1. The van der Waals surface area contributed by atoms with E-state index in [0.29, 0.717) is 5.02 Å². The normalized spacial score (nSPS) is 16.8. The van der Waals surface area contributed by atoms with Crippen molar-refractivity contribution in [3.05, 3.63) is 43.5 Å². The minimum absolute atomic E-state index is 0.192. The number of hydrogen-bond donors (Lipinski definition) is 2. The number of nitrogens with zero attached hydrogens (tertiary/aromatic N) is 1. The van der Waals surface area contributed by atoms with E-state index in [2.05, 4.69) is 32.2 Å². The van der Waals surface area contributed by atoms with Gasteiger partial charge in [-0.05, 0) is 34.1 Å². The molecule has 7 heteroatoms. The average Bonchev–Trinajstić information content (AvgIpc) is 2.95. The average molecular weight is 387 g/mol. The van der Waals surface area contributed by atoms with E-state index < -0.39 is 6.04 Å². The van der Waals surface area contributed by atoms with Crippen molar-refractivity contribution in [3.63, 3.8) is 0 Å². The number of carbonyl (C=O) groups is 1. The lowest BCUT2D eigenvalue weighted by Crippen LogP contribution is -2.19. The van der Waals surface area contributed by atoms with E-state index in [4.69, 9.17) is 17.3 Å². The van der Waals surface area contributed by atoms with Crippen molar-refractivity contribution in [2.45, 2.75) is 12.6 Å². The summed E-state index contributed by atoms with van der Waals surface area (Å²) in [5.74, 6) is -0.192. The second kappa shape index (κ2) is 5.61. The van der Waals surface area contributed by atoms with Gasteiger partial charge >= 0.3 is 0 Å². The van der Waals surface area contributed by atoms with Crippen LogP contribution in [0.2, 0.25) is 5.02 Å². The third kappa shape index (κ3) is 2.81. The minimum Gasteiger partial charge on any atom is -0.368 e. The summed E-state index contributed by atoms with van der Waals surface area (Å²) in [5.41, 5.74) is 8.19. The summed E-state index contributed by atoms with van der Waals surface area (Å²) >= 11 is 11.5. The highest BCUT2D eigenvalue weighted by Crippen LogP contribution is 2.38. The van der Waals surface area contributed by atoms with E-state index >= 15 is 0 Å². The number of benzene rings is 1. The summed E-state index contributed by atoms with van der Waals surface area (Å²) in [6.07, 6.45) is 0. The summed E-state index contributed by atoms with van der Waals surface area (Å²) in [6, 6.07) is 5.10. The van der Waals surface area contributed by atoms with Crippen LogP contribution in [0.25, 0.3) is 0 Å². The van der Waals surface area contributed by atoms with E-state index in [0.717, 1.165) is 28.0 Å². The maximum Gasteiger partial charge on any atom is 0.245 e. The first-order valence-corrected chi connectivity index (χ1v) is 8.34. The Labute approximate surface area is 140 Å². The smallest absolute Gasteiger partial charge is 0.245 e. The van der Waals surface area contributed by atoms with Gasteiger partial charge in [-0.25, -0.2) is 0 Å². The zero-order valence-electron chi connectivity index (χ0n) is 11.2. The van der Waals surface area contributed by atoms with Crippen LogP contribution in [0, 0.1) is 0 Å². The molecular weight excluding hydrogens is 374 g/mol. The minimum atomic E-state index is -0.634. The Morgan fingerprint density at radius 3 is 2.90 bits per heavy atom. The molecule has 0 aliphatic carbocycles. The number of rotatable bonds is 3. The quantitative estimate of drug-likeness (QED) is 0.844. The molecule has 2 heterocycles. The van der Waals surface area contributed by atoms with Crippen LogP contribution in [0.4, 0.5) is 11.4 Å². The fourth-order valence-electron chi connectivity index (χ4n) is 2.34. The van der Waals surface area contributed by atoms with Crippen LogP contribution in [-0.2, 0) is 11.3 Å². The van der Waals surface area contributed by atoms with Crippen molar-refractivity contribution in [2.75, 3.05) is 17.3 Å². The Hall–Kier alpha value is -1.08. The highest BCUT2D eigenvalue weighted by molar-refractivity contribution is 9.10. The Kier molecular flexibility index (Phi) is 3.96. The highest BCUT2D eigenvalue weighted by atomic mass is 79.9. The van der Waals surface area contributed by atoms with Crippen molar-refractivity contribution in [3.8, 4) is 0 Å². The Morgan fingerprint density at radius 2 is 2.24 bits per heavy atom. The molecule has 0 bridgehead atoms. The van der Waals surface area contributed by atoms with Crippen molar-refractivity contribution in [1.29, 1.82) is 0 Å². The maximum absolute atomic E-state index is 11.6. The molecule has 3 N–H and O–H groups in total. The topological polar surface area (TPSA) is 58.4 Å². The highest BCUT2D eigenvalue weighted by Gasteiger charge is 2.28. The Morgan fingerprint density at radius 1 is 1.48 bits per heavy atom. The fourth-order valence-corrected chi connectivity index (χ4v) is 4.16. The first kappa shape index (κ1) is 14.8. The first-order chi connectivity index (χ1) is 9.95. The van der Waals surface area contributed by atoms with E-state index in [1.54, 1.807) is 17.4 Å². The zero-order valence-corrected chi connectivity index (χ0v) is 14.3. The molecule has 4 nitrogen and oxygen atoms in total. The largest absolute Gasteiger partial charge is 0.368 e. The molecule has 0 fully saturated rings. The Bertz CT molecular complexity index is 718. The SMILES string of the molecule is CN(Cc1cc(Br)cs1)c1cc2c(cc1Cl)C(N)C(=O)N2. The van der Waals surface area contributed by atoms with Gasteiger partial charge in [0.15, 0.2) is 0 Å². The lowest BCUT2D eigenvalue weighted by atomic mass is 10.1. The van der Waals surface area contributed by atoms with E-state index in [9.17, 15) is 4.79 Å². The van der Waals surface area contributed by atoms with Crippen molar-refractivity contribution in [2.24, 2.45) is 5.73 Å². The molecule has 1 atom stereocenters. The van der Waals surface area contributed by atoms with Crippen molar-refractivity contribution in [1.82, 2.24) is 0 Å². The zero-order chi connectivity index (χ0) is 15.1. The van der Waals surface area contributed by atoms with Crippen molar-refractivity contribution < 1.29 is 4.79 Å². The summed E-state index contributed by atoms with van der Waals surface area (Å²) in [4.78, 5) is 14.9. The molecule has 21 heavy (non-hydrogen) atoms. The molecule has 3 rings (SSSR count). The van der Waals surface area contributed by atoms with Gasteiger partial charge in [0.25, 0.3) is 0 Å². The number of fused-ring (bicyclic) bond motifs is 1. The van der Waals surface area contributed by atoms with E-state index in [1.807, 2.05) is 18.5 Å². The first-order valence-electron chi connectivity index (χ1n) is 6.29. The lowest BCUT2D eigenvalue weighted by molar-refractivity contribution is -0.116. The van der Waals surface area contributed by atoms with Gasteiger partial charge in [-0.1, -0.05) is 11.6 Å². The molecule has 1 aliphatic heterocycles. The number of carbonyl (C=O) groups excluding carboxylic acids is 1. The molecule has 110 valence electrons. The summed E-state index contributed by atoms with van der Waals surface area (Å²) in [5, 5.41) is 5.43. The maximum atomic E-state index is 11.6. The Balaban J connectivity index is 1.89. The molecule has 0 radical (unpaired) electrons. The van der Waals surface area contributed by atoms with Gasteiger partial charge in [0.05, 0.1) is 17.3 Å². The van der Waals surface area contributed by atoms with E-state index in [1.165, 1.54) is 4.88 Å². The van der Waals surface area contributed by atoms with Crippen molar-refractivity contribution >= 4 is 56.1 Å². The van der Waals surface area contributed by atoms with Gasteiger partial charge in [0.2, 0.25) is 5.91 Å². The third-order valence-corrected chi connectivity index (χ3v) is 5.41. The van der Waals surface area contributed by atoms with Crippen LogP contribution in [0.15, 0.2) is 28.1 Å². The second-order valence-corrected chi connectivity index (χ2v) is 7.26. The van der Waals surface area contributed by atoms with Gasteiger partial charge in [0, 0.05) is 33.0 Å². The predicted octanol–water partition coefficient (Wildman–Crippen LogP) is 3.75. The number of halogens is 2. The van der Waals surface area contributed by atoms with Crippen LogP contribution >= 0.6 is 38.9 Å². The standard InChI is InChI=1S/C14H13BrClN3OS/c1-19(5-8-2-7(15)6-21-8)12-4-11-9(3-10(12)16)13(17)14(20)18-11/h2-4,6,13H,5,17H2,1H3,(H,18,20). The number of amides is 1. The fraction of sp³-hybridized carbons (Fsp3) is 0.214. The summed E-state index contributed by atoms with van der Waals surface area (Å²) in [7, 11) is 1.97. The van der Waals surface area contributed by atoms with E-state index in [-0.39, 0.29) is 5.91 Å². The molecule has 1 unspecified atom stereocenters. The summed E-state index contributed by atoms with van der Waals surface area (Å²) in [6.45, 7) is 0.745. The van der Waals surface area contributed by atoms with Gasteiger partial charge in [-0.3, -0.25) is 4.79 Å². The van der Waals surface area contributed by atoms with Gasteiger partial charge < -0.3 is 16.0 Å². The van der Waals surface area contributed by atoms with Gasteiger partial charge in [-0.15, -0.1) is 11.3 Å². The molecule has 2 aromatic rings. The number of thiophene rings is 1. The monoisotopic (exact) mass is 385 g/mol.